The van der Waals surface area contributed by atoms with E-state index in [-0.39, 0.29) is 5.91 Å². The highest BCUT2D eigenvalue weighted by Gasteiger charge is 2.13. The fraction of sp³-hybridized carbons (Fsp3) is 0.192. The maximum atomic E-state index is 12.7. The molecule has 0 unspecified atom stereocenters. The molecule has 4 rings (SSSR count). The van der Waals surface area contributed by atoms with Crippen LogP contribution in [0.1, 0.15) is 11.1 Å². The van der Waals surface area contributed by atoms with E-state index in [2.05, 4.69) is 59.4 Å². The van der Waals surface area contributed by atoms with Crippen LogP contribution < -0.4 is 14.8 Å². The van der Waals surface area contributed by atoms with Crippen molar-refractivity contribution in [1.29, 1.82) is 0 Å². The molecule has 4 aromatic rings. The van der Waals surface area contributed by atoms with E-state index in [1.807, 2.05) is 12.1 Å². The molecule has 1 amide bonds. The first-order valence-electron chi connectivity index (χ1n) is 10.4. The third kappa shape index (κ3) is 4.75. The zero-order chi connectivity index (χ0) is 22.5. The van der Waals surface area contributed by atoms with Crippen LogP contribution in [0.25, 0.3) is 10.9 Å². The molecule has 0 atom stereocenters. The summed E-state index contributed by atoms with van der Waals surface area (Å²) < 4.78 is 12.9. The summed E-state index contributed by atoms with van der Waals surface area (Å²) in [6.45, 7) is 2.93. The third-order valence-electron chi connectivity index (χ3n) is 5.39. The Labute approximate surface area is 192 Å². The number of hydrogen-bond acceptors (Lipinski definition) is 4. The van der Waals surface area contributed by atoms with Gasteiger partial charge in [-0.05, 0) is 36.2 Å². The van der Waals surface area contributed by atoms with E-state index >= 15 is 0 Å². The van der Waals surface area contributed by atoms with Crippen LogP contribution in [-0.4, -0.2) is 30.4 Å². The average molecular weight is 447 g/mol. The summed E-state index contributed by atoms with van der Waals surface area (Å²) in [7, 11) is 3.17. The fourth-order valence-corrected chi connectivity index (χ4v) is 4.56. The molecule has 0 aliphatic carbocycles. The number of aryl methyl sites for hydroxylation is 1. The van der Waals surface area contributed by atoms with Crippen molar-refractivity contribution in [3.05, 3.63) is 84.1 Å². The second-order valence-electron chi connectivity index (χ2n) is 7.47. The van der Waals surface area contributed by atoms with Gasteiger partial charge in [-0.1, -0.05) is 42.5 Å². The number of ether oxygens (including phenoxy) is 2. The summed E-state index contributed by atoms with van der Waals surface area (Å²) in [5.74, 6) is 1.45. The molecule has 5 nitrogen and oxygen atoms in total. The lowest BCUT2D eigenvalue weighted by Gasteiger charge is -2.11. The van der Waals surface area contributed by atoms with Crippen molar-refractivity contribution in [2.24, 2.45) is 0 Å². The molecule has 1 heterocycles. The van der Waals surface area contributed by atoms with Crippen LogP contribution in [0.5, 0.6) is 11.5 Å². The zero-order valence-corrected chi connectivity index (χ0v) is 19.2. The molecule has 0 aliphatic rings. The van der Waals surface area contributed by atoms with Gasteiger partial charge >= 0.3 is 0 Å². The molecule has 0 spiro atoms. The number of nitrogens with one attached hydrogen (secondary N) is 1. The molecule has 0 saturated carbocycles. The van der Waals surface area contributed by atoms with E-state index < -0.39 is 0 Å². The summed E-state index contributed by atoms with van der Waals surface area (Å²) in [6.07, 6.45) is 2.14. The Hall–Kier alpha value is -3.38. The smallest absolute Gasteiger partial charge is 0.234 e. The van der Waals surface area contributed by atoms with Gasteiger partial charge in [-0.2, -0.15) is 0 Å². The number of anilines is 1. The molecule has 0 bridgehead atoms. The van der Waals surface area contributed by atoms with E-state index in [0.29, 0.717) is 22.9 Å². The van der Waals surface area contributed by atoms with Crippen LogP contribution in [0.3, 0.4) is 0 Å². The second-order valence-corrected chi connectivity index (χ2v) is 8.49. The van der Waals surface area contributed by atoms with Gasteiger partial charge in [0.25, 0.3) is 0 Å². The normalized spacial score (nSPS) is 10.8. The van der Waals surface area contributed by atoms with Gasteiger partial charge in [-0.3, -0.25) is 4.79 Å². The minimum absolute atomic E-state index is 0.0997. The van der Waals surface area contributed by atoms with Crippen LogP contribution >= 0.6 is 11.8 Å². The van der Waals surface area contributed by atoms with E-state index in [9.17, 15) is 4.79 Å². The predicted octanol–water partition coefficient (Wildman–Crippen LogP) is 5.75. The molecule has 0 saturated heterocycles. The van der Waals surface area contributed by atoms with Gasteiger partial charge in [0.15, 0.2) is 0 Å². The van der Waals surface area contributed by atoms with Crippen LogP contribution in [0.15, 0.2) is 77.8 Å². The van der Waals surface area contributed by atoms with E-state index in [4.69, 9.17) is 9.47 Å². The number of methoxy groups -OCH3 is 2. The predicted molar refractivity (Wildman–Crippen MR) is 131 cm³/mol. The molecule has 3 aromatic carbocycles. The Morgan fingerprint density at radius 1 is 1.00 bits per heavy atom. The maximum absolute atomic E-state index is 12.7. The summed E-state index contributed by atoms with van der Waals surface area (Å²) in [4.78, 5) is 13.8. The quantitative estimate of drug-likeness (QED) is 0.350. The van der Waals surface area contributed by atoms with Gasteiger partial charge in [0.1, 0.15) is 11.5 Å². The Bertz CT molecular complexity index is 1250. The van der Waals surface area contributed by atoms with Crippen molar-refractivity contribution in [3.8, 4) is 11.5 Å². The first-order chi connectivity index (χ1) is 15.6. The molecular weight excluding hydrogens is 420 g/mol. The minimum Gasteiger partial charge on any atom is -0.497 e. The van der Waals surface area contributed by atoms with Crippen LogP contribution in [0, 0.1) is 6.92 Å². The fourth-order valence-electron chi connectivity index (χ4n) is 3.67. The molecule has 164 valence electrons. The highest BCUT2D eigenvalue weighted by Crippen LogP contribution is 2.32. The molecule has 32 heavy (non-hydrogen) atoms. The number of amides is 1. The van der Waals surface area contributed by atoms with E-state index in [1.165, 1.54) is 22.9 Å². The van der Waals surface area contributed by atoms with Gasteiger partial charge in [-0.15, -0.1) is 11.8 Å². The Balaban J connectivity index is 1.51. The standard InChI is InChI=1S/C26H26N2O3S/c1-18-8-4-5-9-19(18)15-28-16-25(21-10-6-7-11-23(21)28)32-17-26(29)27-22-14-20(30-2)12-13-24(22)31-3/h4-14,16H,15,17H2,1-3H3,(H,27,29). The monoisotopic (exact) mass is 446 g/mol. The second kappa shape index (κ2) is 9.83. The molecule has 6 heteroatoms. The molecule has 1 aromatic heterocycles. The lowest BCUT2D eigenvalue weighted by atomic mass is 10.1. The summed E-state index contributed by atoms with van der Waals surface area (Å²) >= 11 is 1.53. The first-order valence-corrected chi connectivity index (χ1v) is 11.3. The van der Waals surface area contributed by atoms with E-state index in [0.717, 1.165) is 22.3 Å². The SMILES string of the molecule is COc1ccc(OC)c(NC(=O)CSc2cn(Cc3ccccc3C)c3ccccc23)c1. The number of rotatable bonds is 8. The minimum atomic E-state index is -0.0997. The van der Waals surface area contributed by atoms with Gasteiger partial charge in [0, 0.05) is 34.6 Å². The Morgan fingerprint density at radius 2 is 1.78 bits per heavy atom. The van der Waals surface area contributed by atoms with Gasteiger partial charge in [0.05, 0.1) is 25.7 Å². The van der Waals surface area contributed by atoms with Gasteiger partial charge in [0.2, 0.25) is 5.91 Å². The molecule has 0 aliphatic heterocycles. The van der Waals surface area contributed by atoms with Gasteiger partial charge < -0.3 is 19.4 Å². The number of carbonyl (C=O) groups is 1. The Morgan fingerprint density at radius 3 is 2.56 bits per heavy atom. The lowest BCUT2D eigenvalue weighted by Crippen LogP contribution is -2.14. The number of nitrogens with zero attached hydrogens (tertiary/aromatic N) is 1. The highest BCUT2D eigenvalue weighted by molar-refractivity contribution is 8.00. The van der Waals surface area contributed by atoms with Crippen molar-refractivity contribution in [1.82, 2.24) is 4.57 Å². The van der Waals surface area contributed by atoms with Crippen molar-refractivity contribution in [3.63, 3.8) is 0 Å². The Kier molecular flexibility index (Phi) is 6.71. The largest absolute Gasteiger partial charge is 0.497 e. The summed E-state index contributed by atoms with van der Waals surface area (Å²) in [6, 6.07) is 22.1. The zero-order valence-electron chi connectivity index (χ0n) is 18.4. The summed E-state index contributed by atoms with van der Waals surface area (Å²) in [5, 5.41) is 4.09. The number of benzene rings is 3. The topological polar surface area (TPSA) is 52.5 Å². The van der Waals surface area contributed by atoms with Crippen molar-refractivity contribution in [2.45, 2.75) is 18.4 Å². The van der Waals surface area contributed by atoms with Crippen molar-refractivity contribution < 1.29 is 14.3 Å². The number of hydrogen-bond donors (Lipinski definition) is 1. The number of fused-ring (bicyclic) bond motifs is 1. The highest BCUT2D eigenvalue weighted by atomic mass is 32.2. The maximum Gasteiger partial charge on any atom is 0.234 e. The molecule has 0 radical (unpaired) electrons. The number of aromatic nitrogens is 1. The summed E-state index contributed by atoms with van der Waals surface area (Å²) in [5.41, 5.74) is 4.31. The van der Waals surface area contributed by atoms with Crippen molar-refractivity contribution in [2.75, 3.05) is 25.3 Å². The number of carbonyl (C=O) groups excluding carboxylic acids is 1. The number of thioether (sulfide) groups is 1. The molecule has 1 N–H and O–H groups in total. The molecule has 0 fully saturated rings. The third-order valence-corrected chi connectivity index (χ3v) is 6.44. The van der Waals surface area contributed by atoms with Crippen LogP contribution in [-0.2, 0) is 11.3 Å². The van der Waals surface area contributed by atoms with Crippen molar-refractivity contribution >= 4 is 34.3 Å². The number of para-hydroxylation sites is 1. The molecular formula is C26H26N2O3S. The first kappa shape index (κ1) is 21.8. The van der Waals surface area contributed by atoms with Gasteiger partial charge in [-0.25, -0.2) is 0 Å². The van der Waals surface area contributed by atoms with Crippen LogP contribution in [0.2, 0.25) is 0 Å². The van der Waals surface area contributed by atoms with E-state index in [1.54, 1.807) is 32.4 Å². The average Bonchev–Trinajstić information content (AvgIpc) is 3.16. The lowest BCUT2D eigenvalue weighted by molar-refractivity contribution is -0.113. The van der Waals surface area contributed by atoms with Crippen LogP contribution in [0.4, 0.5) is 5.69 Å².